The van der Waals surface area contributed by atoms with Gasteiger partial charge in [-0.15, -0.1) is 0 Å². The molecule has 1 atom stereocenters. The molecule has 0 spiro atoms. The van der Waals surface area contributed by atoms with Gasteiger partial charge in [0.05, 0.1) is 12.1 Å². The molecule has 1 unspecified atom stereocenters. The molecule has 0 aliphatic heterocycles. The lowest BCUT2D eigenvalue weighted by Gasteiger charge is -2.21. The summed E-state index contributed by atoms with van der Waals surface area (Å²) in [5.41, 5.74) is 8.76. The minimum absolute atomic E-state index is 0.0592. The Balaban J connectivity index is 2.66. The zero-order valence-electron chi connectivity index (χ0n) is 9.75. The number of rotatable bonds is 3. The van der Waals surface area contributed by atoms with E-state index in [9.17, 15) is 5.11 Å². The van der Waals surface area contributed by atoms with E-state index in [0.29, 0.717) is 0 Å². The molecular weight excluding hydrogens is 200 g/mol. The summed E-state index contributed by atoms with van der Waals surface area (Å²) < 4.78 is 0. The van der Waals surface area contributed by atoms with Crippen LogP contribution in [0, 0.1) is 0 Å². The summed E-state index contributed by atoms with van der Waals surface area (Å²) >= 11 is 0. The van der Waals surface area contributed by atoms with Crippen LogP contribution in [0.5, 0.6) is 0 Å². The highest BCUT2D eigenvalue weighted by Crippen LogP contribution is 2.28. The van der Waals surface area contributed by atoms with E-state index in [-0.39, 0.29) is 6.61 Å². The number of aromatic nitrogens is 1. The van der Waals surface area contributed by atoms with Crippen molar-refractivity contribution in [2.24, 2.45) is 5.73 Å². The largest absolute Gasteiger partial charge is 0.394 e. The molecule has 2 aromatic rings. The van der Waals surface area contributed by atoms with Crippen LogP contribution in [0.2, 0.25) is 0 Å². The first-order chi connectivity index (χ1) is 7.60. The predicted molar refractivity (Wildman–Crippen MR) is 66.3 cm³/mol. The van der Waals surface area contributed by atoms with Crippen molar-refractivity contribution in [2.45, 2.75) is 25.8 Å². The van der Waals surface area contributed by atoms with Gasteiger partial charge in [0, 0.05) is 17.1 Å². The van der Waals surface area contributed by atoms with Crippen molar-refractivity contribution in [3.05, 3.63) is 35.5 Å². The third-order valence-corrected chi connectivity index (χ3v) is 3.13. The second-order valence-electron chi connectivity index (χ2n) is 4.47. The summed E-state index contributed by atoms with van der Waals surface area (Å²) in [5, 5.41) is 10.4. The first-order valence-electron chi connectivity index (χ1n) is 5.59. The second kappa shape index (κ2) is 3.92. The van der Waals surface area contributed by atoms with E-state index in [2.05, 4.69) is 18.0 Å². The molecular formula is C13H18N2O. The maximum Gasteiger partial charge on any atom is 0.0651 e. The number of benzene rings is 1. The van der Waals surface area contributed by atoms with Crippen LogP contribution in [0.25, 0.3) is 10.9 Å². The fraction of sp³-hybridized carbons (Fsp3) is 0.385. The summed E-state index contributed by atoms with van der Waals surface area (Å²) in [4.78, 5) is 3.26. The van der Waals surface area contributed by atoms with Crippen molar-refractivity contribution >= 4 is 10.9 Å². The van der Waals surface area contributed by atoms with E-state index in [1.807, 2.05) is 25.3 Å². The molecule has 3 heteroatoms. The molecule has 0 saturated heterocycles. The van der Waals surface area contributed by atoms with Crippen LogP contribution in [0.15, 0.2) is 24.4 Å². The number of para-hydroxylation sites is 1. The normalized spacial score (nSPS) is 15.2. The summed E-state index contributed by atoms with van der Waals surface area (Å²) in [6.07, 6.45) is 2.89. The number of hydrogen-bond acceptors (Lipinski definition) is 2. The molecule has 0 radical (unpaired) electrons. The van der Waals surface area contributed by atoms with Gasteiger partial charge < -0.3 is 15.8 Å². The van der Waals surface area contributed by atoms with E-state index >= 15 is 0 Å². The maximum atomic E-state index is 9.31. The molecule has 0 aliphatic carbocycles. The molecule has 0 aliphatic rings. The van der Waals surface area contributed by atoms with Gasteiger partial charge in [-0.1, -0.05) is 25.1 Å². The highest BCUT2D eigenvalue weighted by atomic mass is 16.3. The van der Waals surface area contributed by atoms with E-state index in [1.54, 1.807) is 0 Å². The summed E-state index contributed by atoms with van der Waals surface area (Å²) in [7, 11) is 0. The van der Waals surface area contributed by atoms with Crippen molar-refractivity contribution < 1.29 is 5.11 Å². The molecule has 3 nitrogen and oxygen atoms in total. The molecule has 86 valence electrons. The molecule has 0 bridgehead atoms. The molecule has 1 aromatic carbocycles. The molecule has 1 aromatic heterocycles. The zero-order chi connectivity index (χ0) is 11.8. The summed E-state index contributed by atoms with van der Waals surface area (Å²) in [6.45, 7) is 3.91. The van der Waals surface area contributed by atoms with Crippen LogP contribution in [-0.4, -0.2) is 16.7 Å². The summed E-state index contributed by atoms with van der Waals surface area (Å²) in [5.74, 6) is 0. The first kappa shape index (κ1) is 11.2. The van der Waals surface area contributed by atoms with E-state index in [1.165, 1.54) is 5.56 Å². The van der Waals surface area contributed by atoms with Gasteiger partial charge in [-0.05, 0) is 24.5 Å². The zero-order valence-corrected chi connectivity index (χ0v) is 9.75. The number of fused-ring (bicyclic) bond motifs is 1. The summed E-state index contributed by atoms with van der Waals surface area (Å²) in [6, 6.07) is 6.18. The SMILES string of the molecule is CCc1cccc2c(C(C)(N)CO)c[nH]c12. The van der Waals surface area contributed by atoms with Crippen molar-refractivity contribution in [1.82, 2.24) is 4.98 Å². The topological polar surface area (TPSA) is 62.0 Å². The lowest BCUT2D eigenvalue weighted by atomic mass is 9.93. The predicted octanol–water partition coefficient (Wildman–Crippen LogP) is 1.90. The number of H-pyrrole nitrogens is 1. The molecule has 0 amide bonds. The fourth-order valence-corrected chi connectivity index (χ4v) is 2.07. The molecule has 2 rings (SSSR count). The number of aliphatic hydroxyl groups is 1. The van der Waals surface area contributed by atoms with Gasteiger partial charge in [0.25, 0.3) is 0 Å². The Morgan fingerprint density at radius 1 is 1.44 bits per heavy atom. The fourth-order valence-electron chi connectivity index (χ4n) is 2.07. The van der Waals surface area contributed by atoms with Gasteiger partial charge >= 0.3 is 0 Å². The Morgan fingerprint density at radius 3 is 2.81 bits per heavy atom. The molecule has 16 heavy (non-hydrogen) atoms. The Hall–Kier alpha value is -1.32. The van der Waals surface area contributed by atoms with E-state index in [0.717, 1.165) is 22.9 Å². The second-order valence-corrected chi connectivity index (χ2v) is 4.47. The molecule has 4 N–H and O–H groups in total. The van der Waals surface area contributed by atoms with Crippen molar-refractivity contribution in [1.29, 1.82) is 0 Å². The minimum Gasteiger partial charge on any atom is -0.394 e. The van der Waals surface area contributed by atoms with Gasteiger partial charge in [-0.2, -0.15) is 0 Å². The van der Waals surface area contributed by atoms with Crippen molar-refractivity contribution in [2.75, 3.05) is 6.61 Å². The van der Waals surface area contributed by atoms with E-state index < -0.39 is 5.54 Å². The van der Waals surface area contributed by atoms with Crippen LogP contribution in [0.1, 0.15) is 25.0 Å². The van der Waals surface area contributed by atoms with Gasteiger partial charge in [0.1, 0.15) is 0 Å². The first-order valence-corrected chi connectivity index (χ1v) is 5.59. The lowest BCUT2D eigenvalue weighted by Crippen LogP contribution is -2.36. The van der Waals surface area contributed by atoms with Gasteiger partial charge in [-0.3, -0.25) is 0 Å². The monoisotopic (exact) mass is 218 g/mol. The molecule has 1 heterocycles. The Labute approximate surface area is 95.3 Å². The van der Waals surface area contributed by atoms with Crippen LogP contribution in [-0.2, 0) is 12.0 Å². The Morgan fingerprint density at radius 2 is 2.19 bits per heavy atom. The standard InChI is InChI=1S/C13H18N2O/c1-3-9-5-4-6-10-11(7-15-12(9)10)13(2,14)8-16/h4-7,15-16H,3,8,14H2,1-2H3. The third-order valence-electron chi connectivity index (χ3n) is 3.13. The van der Waals surface area contributed by atoms with Crippen LogP contribution < -0.4 is 5.73 Å². The smallest absolute Gasteiger partial charge is 0.0651 e. The number of nitrogens with one attached hydrogen (secondary N) is 1. The highest BCUT2D eigenvalue weighted by Gasteiger charge is 2.23. The number of aliphatic hydroxyl groups excluding tert-OH is 1. The Kier molecular flexibility index (Phi) is 2.74. The number of aromatic amines is 1. The van der Waals surface area contributed by atoms with Gasteiger partial charge in [-0.25, -0.2) is 0 Å². The van der Waals surface area contributed by atoms with Gasteiger partial charge in [0.15, 0.2) is 0 Å². The van der Waals surface area contributed by atoms with Crippen LogP contribution in [0.4, 0.5) is 0 Å². The molecule has 0 saturated carbocycles. The quantitative estimate of drug-likeness (QED) is 0.736. The maximum absolute atomic E-state index is 9.31. The van der Waals surface area contributed by atoms with Crippen molar-refractivity contribution in [3.8, 4) is 0 Å². The number of aryl methyl sites for hydroxylation is 1. The highest BCUT2D eigenvalue weighted by molar-refractivity contribution is 5.87. The number of nitrogens with two attached hydrogens (primary N) is 1. The van der Waals surface area contributed by atoms with E-state index in [4.69, 9.17) is 5.73 Å². The van der Waals surface area contributed by atoms with Crippen molar-refractivity contribution in [3.63, 3.8) is 0 Å². The number of hydrogen-bond donors (Lipinski definition) is 3. The third kappa shape index (κ3) is 1.62. The Bertz CT molecular complexity index is 500. The van der Waals surface area contributed by atoms with Gasteiger partial charge in [0.2, 0.25) is 0 Å². The average Bonchev–Trinajstić information content (AvgIpc) is 2.73. The minimum atomic E-state index is -0.690. The van der Waals surface area contributed by atoms with Crippen LogP contribution >= 0.6 is 0 Å². The molecule has 0 fully saturated rings. The van der Waals surface area contributed by atoms with Crippen LogP contribution in [0.3, 0.4) is 0 Å². The average molecular weight is 218 g/mol. The lowest BCUT2D eigenvalue weighted by molar-refractivity contribution is 0.211.